The van der Waals surface area contributed by atoms with Crippen molar-refractivity contribution in [2.45, 2.75) is 36.9 Å². The normalized spacial score (nSPS) is 25.6. The number of hydrogen-bond donors (Lipinski definition) is 4. The zero-order valence-electron chi connectivity index (χ0n) is 18.8. The fourth-order valence-electron chi connectivity index (χ4n) is 4.08. The molecule has 1 aromatic heterocycles. The molecule has 0 spiro atoms. The van der Waals surface area contributed by atoms with E-state index in [0.29, 0.717) is 30.9 Å². The summed E-state index contributed by atoms with van der Waals surface area (Å²) in [7, 11) is 3.91. The topological polar surface area (TPSA) is 103 Å². The van der Waals surface area contributed by atoms with Gasteiger partial charge in [0.05, 0.1) is 6.61 Å². The first-order valence-corrected chi connectivity index (χ1v) is 11.9. The van der Waals surface area contributed by atoms with Crippen molar-refractivity contribution in [1.29, 1.82) is 0 Å². The van der Waals surface area contributed by atoms with Gasteiger partial charge in [-0.05, 0) is 49.3 Å². The Kier molecular flexibility index (Phi) is 7.65. The van der Waals surface area contributed by atoms with Crippen LogP contribution in [-0.2, 0) is 11.2 Å². The van der Waals surface area contributed by atoms with Crippen LogP contribution in [0.25, 0.3) is 10.1 Å². The van der Waals surface area contributed by atoms with Gasteiger partial charge in [-0.15, -0.1) is 11.3 Å². The number of thiophene rings is 1. The fraction of sp³-hybridized carbons (Fsp3) is 0.440. The highest BCUT2D eigenvalue weighted by molar-refractivity contribution is 7.19. The van der Waals surface area contributed by atoms with E-state index < -0.39 is 37.1 Å². The predicted molar refractivity (Wildman–Crippen MR) is 128 cm³/mol. The van der Waals surface area contributed by atoms with Crippen molar-refractivity contribution in [3.63, 3.8) is 0 Å². The second kappa shape index (κ2) is 10.5. The maximum Gasteiger partial charge on any atom is 0.125 e. The maximum absolute atomic E-state index is 10.7. The van der Waals surface area contributed by atoms with Crippen molar-refractivity contribution < 1.29 is 29.9 Å². The van der Waals surface area contributed by atoms with Gasteiger partial charge in [0, 0.05) is 28.1 Å². The van der Waals surface area contributed by atoms with Crippen molar-refractivity contribution in [3.05, 3.63) is 64.5 Å². The van der Waals surface area contributed by atoms with E-state index in [0.717, 1.165) is 5.56 Å². The van der Waals surface area contributed by atoms with Crippen LogP contribution < -0.4 is 4.74 Å². The monoisotopic (exact) mass is 473 g/mol. The third-order valence-corrected chi connectivity index (χ3v) is 7.04. The lowest BCUT2D eigenvalue weighted by Gasteiger charge is -2.40. The van der Waals surface area contributed by atoms with Crippen molar-refractivity contribution in [1.82, 2.24) is 4.90 Å². The van der Waals surface area contributed by atoms with Gasteiger partial charge in [-0.1, -0.05) is 24.3 Å². The molecule has 4 rings (SSSR count). The fourth-order valence-corrected chi connectivity index (χ4v) is 5.18. The first-order chi connectivity index (χ1) is 15.9. The molecule has 4 N–H and O–H groups in total. The van der Waals surface area contributed by atoms with E-state index >= 15 is 0 Å². The van der Waals surface area contributed by atoms with Crippen LogP contribution in [0, 0.1) is 0 Å². The minimum absolute atomic E-state index is 0.438. The van der Waals surface area contributed by atoms with E-state index in [1.807, 2.05) is 49.3 Å². The molecule has 1 aliphatic heterocycles. The molecule has 0 bridgehead atoms. The van der Waals surface area contributed by atoms with E-state index in [4.69, 9.17) is 9.47 Å². The van der Waals surface area contributed by atoms with Crippen molar-refractivity contribution in [3.8, 4) is 5.75 Å². The molecule has 2 aromatic carbocycles. The molecule has 7 nitrogen and oxygen atoms in total. The second-order valence-electron chi connectivity index (χ2n) is 8.70. The van der Waals surface area contributed by atoms with Gasteiger partial charge in [-0.2, -0.15) is 0 Å². The number of nitrogens with zero attached hydrogens (tertiary/aromatic N) is 1. The lowest BCUT2D eigenvalue weighted by Crippen LogP contribution is -2.55. The average Bonchev–Trinajstić information content (AvgIpc) is 3.21. The summed E-state index contributed by atoms with van der Waals surface area (Å²) in [6, 6.07) is 16.2. The summed E-state index contributed by atoms with van der Waals surface area (Å²) in [5.41, 5.74) is 1.60. The molecule has 3 aromatic rings. The first kappa shape index (κ1) is 24.1. The maximum atomic E-state index is 10.7. The van der Waals surface area contributed by atoms with Crippen molar-refractivity contribution in [2.75, 3.05) is 33.9 Å². The standard InChI is InChI=1S/C25H31NO6S/c1-26(2)9-10-31-19-8-7-15(11-17-13-16-5-3-4-6-21(16)33-17)12-18(19)25-24(30)23(29)22(28)20(14-27)32-25/h3-8,12-13,20,22-25,27-30H,9-11,14H2,1-2H3/t20-,22-,23+,24-,25+/m1/s1. The third-order valence-electron chi connectivity index (χ3n) is 5.92. The van der Waals surface area contributed by atoms with E-state index in [1.54, 1.807) is 11.3 Å². The Labute approximate surface area is 197 Å². The number of rotatable bonds is 8. The van der Waals surface area contributed by atoms with E-state index in [1.165, 1.54) is 15.0 Å². The molecule has 0 saturated carbocycles. The molecule has 1 fully saturated rings. The predicted octanol–water partition coefficient (Wildman–Crippen LogP) is 1.95. The Morgan fingerprint density at radius 2 is 1.79 bits per heavy atom. The number of benzene rings is 2. The van der Waals surface area contributed by atoms with Gasteiger partial charge < -0.3 is 34.8 Å². The smallest absolute Gasteiger partial charge is 0.125 e. The number of aliphatic hydroxyl groups is 4. The largest absolute Gasteiger partial charge is 0.492 e. The van der Waals surface area contributed by atoms with Crippen LogP contribution >= 0.6 is 11.3 Å². The molecule has 178 valence electrons. The Bertz CT molecular complexity index is 1030. The number of aliphatic hydroxyl groups excluding tert-OH is 4. The molecule has 0 unspecified atom stereocenters. The molecule has 0 aliphatic carbocycles. The summed E-state index contributed by atoms with van der Waals surface area (Å²) in [5, 5.41) is 42.0. The Balaban J connectivity index is 1.65. The lowest BCUT2D eigenvalue weighted by molar-refractivity contribution is -0.232. The molecule has 0 radical (unpaired) electrons. The summed E-state index contributed by atoms with van der Waals surface area (Å²) in [5.74, 6) is 0.543. The molecule has 8 heteroatoms. The summed E-state index contributed by atoms with van der Waals surface area (Å²) in [6.07, 6.45) is -5.44. The highest BCUT2D eigenvalue weighted by atomic mass is 32.1. The Morgan fingerprint density at radius 3 is 2.52 bits per heavy atom. The molecular weight excluding hydrogens is 442 g/mol. The highest BCUT2D eigenvalue weighted by Crippen LogP contribution is 2.38. The average molecular weight is 474 g/mol. The van der Waals surface area contributed by atoms with Crippen molar-refractivity contribution in [2.24, 2.45) is 0 Å². The van der Waals surface area contributed by atoms with Crippen LogP contribution in [0.3, 0.4) is 0 Å². The van der Waals surface area contributed by atoms with Gasteiger partial charge in [0.1, 0.15) is 42.9 Å². The molecule has 2 heterocycles. The van der Waals surface area contributed by atoms with E-state index in [-0.39, 0.29) is 0 Å². The number of fused-ring (bicyclic) bond motifs is 1. The van der Waals surface area contributed by atoms with Crippen LogP contribution in [0.15, 0.2) is 48.5 Å². The van der Waals surface area contributed by atoms with Crippen molar-refractivity contribution >= 4 is 21.4 Å². The van der Waals surface area contributed by atoms with Gasteiger partial charge in [0.15, 0.2) is 0 Å². The van der Waals surface area contributed by atoms with Gasteiger partial charge in [0.2, 0.25) is 0 Å². The molecule has 33 heavy (non-hydrogen) atoms. The van der Waals surface area contributed by atoms with Crippen LogP contribution in [0.2, 0.25) is 0 Å². The zero-order chi connectivity index (χ0) is 23.5. The van der Waals surface area contributed by atoms with Gasteiger partial charge in [-0.3, -0.25) is 0 Å². The van der Waals surface area contributed by atoms with Crippen LogP contribution in [0.5, 0.6) is 5.75 Å². The number of ether oxygens (including phenoxy) is 2. The Hall–Kier alpha value is -2.04. The number of hydrogen-bond acceptors (Lipinski definition) is 8. The summed E-state index contributed by atoms with van der Waals surface area (Å²) in [6.45, 7) is 0.671. The number of likely N-dealkylation sites (N-methyl/N-ethyl adjacent to an activating group) is 1. The zero-order valence-corrected chi connectivity index (χ0v) is 19.6. The summed E-state index contributed by atoms with van der Waals surface area (Å²) < 4.78 is 13.1. The van der Waals surface area contributed by atoms with Gasteiger partial charge >= 0.3 is 0 Å². The van der Waals surface area contributed by atoms with Gasteiger partial charge in [0.25, 0.3) is 0 Å². The molecule has 5 atom stereocenters. The van der Waals surface area contributed by atoms with Crippen LogP contribution in [0.4, 0.5) is 0 Å². The molecular formula is C25H31NO6S. The quantitative estimate of drug-likeness (QED) is 0.397. The SMILES string of the molecule is CN(C)CCOc1ccc(Cc2cc3ccccc3s2)cc1[C@@H]1O[C@H](CO)[C@@H](O)[C@H](O)[C@H]1O. The summed E-state index contributed by atoms with van der Waals surface area (Å²) >= 11 is 1.74. The first-order valence-electron chi connectivity index (χ1n) is 11.1. The third kappa shape index (κ3) is 5.38. The van der Waals surface area contributed by atoms with Crippen LogP contribution in [-0.4, -0.2) is 83.6 Å². The second-order valence-corrected chi connectivity index (χ2v) is 9.87. The summed E-state index contributed by atoms with van der Waals surface area (Å²) in [4.78, 5) is 3.21. The minimum atomic E-state index is -1.44. The van der Waals surface area contributed by atoms with Crippen LogP contribution in [0.1, 0.15) is 22.1 Å². The highest BCUT2D eigenvalue weighted by Gasteiger charge is 2.44. The molecule has 1 aliphatic rings. The Morgan fingerprint density at radius 1 is 1.00 bits per heavy atom. The van der Waals surface area contributed by atoms with E-state index in [9.17, 15) is 20.4 Å². The van der Waals surface area contributed by atoms with E-state index in [2.05, 4.69) is 18.2 Å². The molecule has 0 amide bonds. The lowest BCUT2D eigenvalue weighted by atomic mass is 9.90. The molecule has 1 saturated heterocycles. The minimum Gasteiger partial charge on any atom is -0.492 e. The van der Waals surface area contributed by atoms with Gasteiger partial charge in [-0.25, -0.2) is 0 Å².